The van der Waals surface area contributed by atoms with Crippen LogP contribution in [-0.4, -0.2) is 40.7 Å². The van der Waals surface area contributed by atoms with E-state index in [4.69, 9.17) is 21.1 Å². The fourth-order valence-electron chi connectivity index (χ4n) is 2.51. The van der Waals surface area contributed by atoms with E-state index >= 15 is 0 Å². The number of ketones is 1. The smallest absolute Gasteiger partial charge is 0.359 e. The molecule has 144 valence electrons. The van der Waals surface area contributed by atoms with Crippen molar-refractivity contribution in [3.05, 3.63) is 51.3 Å². The van der Waals surface area contributed by atoms with Crippen molar-refractivity contribution in [3.63, 3.8) is 0 Å². The van der Waals surface area contributed by atoms with Gasteiger partial charge in [-0.15, -0.1) is 0 Å². The van der Waals surface area contributed by atoms with Gasteiger partial charge < -0.3 is 9.47 Å². The first-order valence-corrected chi connectivity index (χ1v) is 8.88. The van der Waals surface area contributed by atoms with E-state index in [0.29, 0.717) is 16.1 Å². The molecular formula is C19H21ClN2O5. The maximum Gasteiger partial charge on any atom is 0.359 e. The molecule has 0 fully saturated rings. The molecule has 0 amide bonds. The molecule has 0 aliphatic rings. The number of esters is 2. The molecule has 0 aliphatic heterocycles. The number of aryl methyl sites for hydroxylation is 1. The summed E-state index contributed by atoms with van der Waals surface area (Å²) in [5.74, 6) is -1.63. The van der Waals surface area contributed by atoms with Crippen molar-refractivity contribution >= 4 is 29.3 Å². The maximum atomic E-state index is 12.6. The van der Waals surface area contributed by atoms with Gasteiger partial charge in [-0.3, -0.25) is 4.79 Å². The van der Waals surface area contributed by atoms with Crippen LogP contribution in [0.5, 0.6) is 0 Å². The van der Waals surface area contributed by atoms with Crippen LogP contribution >= 0.6 is 11.6 Å². The summed E-state index contributed by atoms with van der Waals surface area (Å²) in [5, 5.41) is 4.59. The van der Waals surface area contributed by atoms with Crippen molar-refractivity contribution in [2.24, 2.45) is 0 Å². The number of carbonyl (C=O) groups is 3. The highest BCUT2D eigenvalue weighted by molar-refractivity contribution is 6.31. The van der Waals surface area contributed by atoms with Crippen molar-refractivity contribution < 1.29 is 23.9 Å². The van der Waals surface area contributed by atoms with E-state index in [1.165, 1.54) is 4.68 Å². The largest absolute Gasteiger partial charge is 0.461 e. The number of aromatic nitrogens is 2. The van der Waals surface area contributed by atoms with Gasteiger partial charge in [0.25, 0.3) is 0 Å². The van der Waals surface area contributed by atoms with Gasteiger partial charge in [0.2, 0.25) is 0 Å². The summed E-state index contributed by atoms with van der Waals surface area (Å²) < 4.78 is 11.2. The van der Waals surface area contributed by atoms with Crippen LogP contribution in [0.4, 0.5) is 0 Å². The van der Waals surface area contributed by atoms with Gasteiger partial charge in [0.05, 0.1) is 13.2 Å². The summed E-state index contributed by atoms with van der Waals surface area (Å²) in [6.45, 7) is 6.81. The fourth-order valence-corrected chi connectivity index (χ4v) is 2.69. The molecule has 0 aliphatic carbocycles. The first-order valence-electron chi connectivity index (χ1n) is 8.51. The van der Waals surface area contributed by atoms with Gasteiger partial charge >= 0.3 is 11.9 Å². The van der Waals surface area contributed by atoms with E-state index in [-0.39, 0.29) is 36.9 Å². The quantitative estimate of drug-likeness (QED) is 0.530. The second kappa shape index (κ2) is 8.81. The minimum atomic E-state index is -0.662. The zero-order chi connectivity index (χ0) is 20.1. The topological polar surface area (TPSA) is 87.5 Å². The molecule has 0 unspecified atom stereocenters. The molecule has 8 heteroatoms. The predicted molar refractivity (Wildman–Crippen MR) is 99.4 cm³/mol. The van der Waals surface area contributed by atoms with E-state index < -0.39 is 11.9 Å². The molecule has 0 atom stereocenters. The Kier molecular flexibility index (Phi) is 6.74. The maximum absolute atomic E-state index is 12.6. The van der Waals surface area contributed by atoms with Crippen LogP contribution in [0.1, 0.15) is 56.3 Å². The molecule has 2 rings (SSSR count). The SMILES string of the molecule is CCOC(=O)c1nn(CC(=O)c2ccc(C)c(Cl)c2)c(C(=O)OCC)c1C. The lowest BCUT2D eigenvalue weighted by molar-refractivity contribution is 0.0505. The summed E-state index contributed by atoms with van der Waals surface area (Å²) in [4.78, 5) is 37.1. The Balaban J connectivity index is 2.42. The zero-order valence-electron chi connectivity index (χ0n) is 15.7. The van der Waals surface area contributed by atoms with Gasteiger partial charge in [-0.05, 0) is 39.3 Å². The minimum absolute atomic E-state index is 0.0189. The van der Waals surface area contributed by atoms with Crippen molar-refractivity contribution in [1.29, 1.82) is 0 Å². The normalized spacial score (nSPS) is 10.6. The average molecular weight is 393 g/mol. The summed E-state index contributed by atoms with van der Waals surface area (Å²) in [6, 6.07) is 4.95. The standard InChI is InChI=1S/C19H21ClN2O5/c1-5-26-18(24)16-12(4)17(19(25)27-6-2)22(21-16)10-15(23)13-8-7-11(3)14(20)9-13/h7-9H,5-6,10H2,1-4H3. The number of ether oxygens (including phenoxy) is 2. The number of benzene rings is 1. The van der Waals surface area contributed by atoms with Gasteiger partial charge in [-0.25, -0.2) is 14.3 Å². The Hall–Kier alpha value is -2.67. The molecule has 1 aromatic carbocycles. The zero-order valence-corrected chi connectivity index (χ0v) is 16.4. The van der Waals surface area contributed by atoms with E-state index in [0.717, 1.165) is 5.56 Å². The van der Waals surface area contributed by atoms with Crippen molar-refractivity contribution in [2.75, 3.05) is 13.2 Å². The molecule has 1 heterocycles. The summed E-state index contributed by atoms with van der Waals surface area (Å²) >= 11 is 6.08. The van der Waals surface area contributed by atoms with Gasteiger partial charge in [0.1, 0.15) is 6.54 Å². The lowest BCUT2D eigenvalue weighted by Gasteiger charge is -2.08. The molecule has 0 radical (unpaired) electrons. The van der Waals surface area contributed by atoms with Crippen LogP contribution in [-0.2, 0) is 16.0 Å². The van der Waals surface area contributed by atoms with Crippen LogP contribution in [0, 0.1) is 13.8 Å². The highest BCUT2D eigenvalue weighted by Crippen LogP contribution is 2.20. The van der Waals surface area contributed by atoms with Gasteiger partial charge in [-0.2, -0.15) is 5.10 Å². The second-order valence-corrected chi connectivity index (χ2v) is 6.22. The Morgan fingerprint density at radius 2 is 1.70 bits per heavy atom. The van der Waals surface area contributed by atoms with E-state index in [2.05, 4.69) is 5.10 Å². The minimum Gasteiger partial charge on any atom is -0.461 e. The van der Waals surface area contributed by atoms with E-state index in [1.807, 2.05) is 6.92 Å². The Bertz CT molecular complexity index is 888. The molecule has 2 aromatic rings. The van der Waals surface area contributed by atoms with Crippen LogP contribution in [0.2, 0.25) is 5.02 Å². The number of hydrogen-bond acceptors (Lipinski definition) is 6. The third-order valence-corrected chi connectivity index (χ3v) is 4.32. The highest BCUT2D eigenvalue weighted by atomic mass is 35.5. The van der Waals surface area contributed by atoms with Gasteiger partial charge in [0.15, 0.2) is 17.2 Å². The van der Waals surface area contributed by atoms with Crippen LogP contribution in [0.15, 0.2) is 18.2 Å². The summed E-state index contributed by atoms with van der Waals surface area (Å²) in [7, 11) is 0. The van der Waals surface area contributed by atoms with Gasteiger partial charge in [-0.1, -0.05) is 23.7 Å². The molecule has 0 saturated carbocycles. The number of nitrogens with zero attached hydrogens (tertiary/aromatic N) is 2. The molecular weight excluding hydrogens is 372 g/mol. The average Bonchev–Trinajstić information content (AvgIpc) is 2.94. The van der Waals surface area contributed by atoms with Crippen molar-refractivity contribution in [3.8, 4) is 0 Å². The Morgan fingerprint density at radius 3 is 2.30 bits per heavy atom. The van der Waals surface area contributed by atoms with Crippen molar-refractivity contribution in [2.45, 2.75) is 34.2 Å². The fraction of sp³-hybridized carbons (Fsp3) is 0.368. The predicted octanol–water partition coefficient (Wildman–Crippen LogP) is 3.39. The molecule has 27 heavy (non-hydrogen) atoms. The lowest BCUT2D eigenvalue weighted by Crippen LogP contribution is -2.19. The first-order chi connectivity index (χ1) is 12.8. The third kappa shape index (κ3) is 4.54. The molecule has 1 aromatic heterocycles. The van der Waals surface area contributed by atoms with Crippen LogP contribution in [0.25, 0.3) is 0 Å². The summed E-state index contributed by atoms with van der Waals surface area (Å²) in [5.41, 5.74) is 1.56. The Morgan fingerprint density at radius 1 is 1.07 bits per heavy atom. The number of halogens is 1. The van der Waals surface area contributed by atoms with Gasteiger partial charge in [0, 0.05) is 16.1 Å². The van der Waals surface area contributed by atoms with E-state index in [9.17, 15) is 14.4 Å². The third-order valence-electron chi connectivity index (χ3n) is 3.91. The number of rotatable bonds is 7. The molecule has 0 bridgehead atoms. The first kappa shape index (κ1) is 20.6. The molecule has 0 N–H and O–H groups in total. The van der Waals surface area contributed by atoms with E-state index in [1.54, 1.807) is 39.0 Å². The Labute approximate surface area is 162 Å². The number of Topliss-reactive ketones (excluding diaryl/α,β-unsaturated/α-hetero) is 1. The van der Waals surface area contributed by atoms with Crippen LogP contribution in [0.3, 0.4) is 0 Å². The molecule has 7 nitrogen and oxygen atoms in total. The molecule has 0 spiro atoms. The van der Waals surface area contributed by atoms with Crippen LogP contribution < -0.4 is 0 Å². The summed E-state index contributed by atoms with van der Waals surface area (Å²) in [6.07, 6.45) is 0. The lowest BCUT2D eigenvalue weighted by atomic mass is 10.1. The molecule has 0 saturated heterocycles. The second-order valence-electron chi connectivity index (χ2n) is 5.81. The highest BCUT2D eigenvalue weighted by Gasteiger charge is 2.27. The van der Waals surface area contributed by atoms with Crippen molar-refractivity contribution in [1.82, 2.24) is 9.78 Å². The number of hydrogen-bond donors (Lipinski definition) is 0. The number of carbonyl (C=O) groups excluding carboxylic acids is 3. The monoisotopic (exact) mass is 392 g/mol.